The first kappa shape index (κ1) is 10.1. The maximum atomic E-state index is 8.79. The molecule has 0 fully saturated rings. The average molecular weight is 211 g/mol. The highest BCUT2D eigenvalue weighted by Gasteiger charge is 2.03. The first-order valence-electron chi connectivity index (χ1n) is 4.70. The molecule has 0 aliphatic carbocycles. The molecule has 1 N–H and O–H groups in total. The highest BCUT2D eigenvalue weighted by Crippen LogP contribution is 2.16. The van der Waals surface area contributed by atoms with Gasteiger partial charge in [-0.25, -0.2) is 9.97 Å². The summed E-state index contributed by atoms with van der Waals surface area (Å²) in [7, 11) is 1.78. The standard InChI is InChI=1S/C11H9N5/c1-13-11-5-10(15-7-16-11)9-4-8(6-12)2-3-14-9/h2-5,7H,1H3,(H,13,15,16). The van der Waals surface area contributed by atoms with Gasteiger partial charge in [0.25, 0.3) is 0 Å². The molecule has 2 heterocycles. The summed E-state index contributed by atoms with van der Waals surface area (Å²) in [5, 5.41) is 11.7. The summed E-state index contributed by atoms with van der Waals surface area (Å²) >= 11 is 0. The van der Waals surface area contributed by atoms with Crippen LogP contribution < -0.4 is 5.32 Å². The fourth-order valence-corrected chi connectivity index (χ4v) is 1.27. The number of nitriles is 1. The lowest BCUT2D eigenvalue weighted by Gasteiger charge is -2.02. The predicted molar refractivity (Wildman–Crippen MR) is 59.5 cm³/mol. The van der Waals surface area contributed by atoms with Gasteiger partial charge in [0.15, 0.2) is 0 Å². The maximum Gasteiger partial charge on any atom is 0.129 e. The number of nitrogens with one attached hydrogen (secondary N) is 1. The summed E-state index contributed by atoms with van der Waals surface area (Å²) in [4.78, 5) is 12.3. The number of aromatic nitrogens is 3. The van der Waals surface area contributed by atoms with E-state index in [1.807, 2.05) is 0 Å². The number of hydrogen-bond acceptors (Lipinski definition) is 5. The van der Waals surface area contributed by atoms with Gasteiger partial charge in [-0.2, -0.15) is 5.26 Å². The number of nitrogens with zero attached hydrogens (tertiary/aromatic N) is 4. The van der Waals surface area contributed by atoms with E-state index in [1.165, 1.54) is 6.33 Å². The Labute approximate surface area is 92.8 Å². The Hall–Kier alpha value is -2.48. The van der Waals surface area contributed by atoms with E-state index in [0.29, 0.717) is 22.8 Å². The van der Waals surface area contributed by atoms with E-state index in [4.69, 9.17) is 5.26 Å². The zero-order chi connectivity index (χ0) is 11.4. The minimum absolute atomic E-state index is 0.564. The van der Waals surface area contributed by atoms with Crippen molar-refractivity contribution in [2.45, 2.75) is 0 Å². The molecular weight excluding hydrogens is 202 g/mol. The van der Waals surface area contributed by atoms with Crippen molar-refractivity contribution in [1.29, 1.82) is 5.26 Å². The van der Waals surface area contributed by atoms with Gasteiger partial charge in [-0.1, -0.05) is 0 Å². The largest absolute Gasteiger partial charge is 0.373 e. The van der Waals surface area contributed by atoms with Crippen molar-refractivity contribution in [2.24, 2.45) is 0 Å². The SMILES string of the molecule is CNc1cc(-c2cc(C#N)ccn2)ncn1. The molecule has 78 valence electrons. The van der Waals surface area contributed by atoms with E-state index in [9.17, 15) is 0 Å². The van der Waals surface area contributed by atoms with Crippen LogP contribution in [0, 0.1) is 11.3 Å². The van der Waals surface area contributed by atoms with E-state index in [0.717, 1.165) is 0 Å². The Morgan fingerprint density at radius 3 is 2.75 bits per heavy atom. The summed E-state index contributed by atoms with van der Waals surface area (Å²) in [5.41, 5.74) is 1.92. The lowest BCUT2D eigenvalue weighted by molar-refractivity contribution is 1.14. The molecule has 0 spiro atoms. The van der Waals surface area contributed by atoms with Gasteiger partial charge in [0.2, 0.25) is 0 Å². The van der Waals surface area contributed by atoms with Gasteiger partial charge >= 0.3 is 0 Å². The number of rotatable bonds is 2. The van der Waals surface area contributed by atoms with E-state index in [2.05, 4.69) is 26.3 Å². The monoisotopic (exact) mass is 211 g/mol. The van der Waals surface area contributed by atoms with Gasteiger partial charge in [-0.3, -0.25) is 4.98 Å². The second kappa shape index (κ2) is 4.36. The molecule has 2 aromatic rings. The molecule has 5 nitrogen and oxygen atoms in total. The van der Waals surface area contributed by atoms with E-state index < -0.39 is 0 Å². The van der Waals surface area contributed by atoms with Gasteiger partial charge in [0.05, 0.1) is 23.0 Å². The molecule has 5 heteroatoms. The highest BCUT2D eigenvalue weighted by molar-refractivity contribution is 5.59. The Balaban J connectivity index is 2.46. The quantitative estimate of drug-likeness (QED) is 0.813. The zero-order valence-corrected chi connectivity index (χ0v) is 8.68. The Morgan fingerprint density at radius 1 is 1.19 bits per heavy atom. The van der Waals surface area contributed by atoms with Crippen LogP contribution in [0.2, 0.25) is 0 Å². The van der Waals surface area contributed by atoms with Crippen molar-refractivity contribution in [3.05, 3.63) is 36.3 Å². The zero-order valence-electron chi connectivity index (χ0n) is 8.68. The van der Waals surface area contributed by atoms with E-state index in [1.54, 1.807) is 31.4 Å². The first-order chi connectivity index (χ1) is 7.83. The van der Waals surface area contributed by atoms with Gasteiger partial charge in [0, 0.05) is 19.3 Å². The van der Waals surface area contributed by atoms with Gasteiger partial charge < -0.3 is 5.32 Å². The molecule has 0 aliphatic rings. The van der Waals surface area contributed by atoms with Crippen LogP contribution in [-0.2, 0) is 0 Å². The van der Waals surface area contributed by atoms with Crippen LogP contribution in [0.15, 0.2) is 30.7 Å². The van der Waals surface area contributed by atoms with Crippen molar-refractivity contribution < 1.29 is 0 Å². The highest BCUT2D eigenvalue weighted by atomic mass is 15.0. The molecule has 0 aromatic carbocycles. The van der Waals surface area contributed by atoms with Crippen LogP contribution in [0.3, 0.4) is 0 Å². The number of anilines is 1. The van der Waals surface area contributed by atoms with Gasteiger partial charge in [0.1, 0.15) is 12.1 Å². The van der Waals surface area contributed by atoms with Gasteiger partial charge in [-0.15, -0.1) is 0 Å². The minimum Gasteiger partial charge on any atom is -0.373 e. The van der Waals surface area contributed by atoms with Crippen molar-refractivity contribution in [1.82, 2.24) is 15.0 Å². The molecule has 0 saturated carbocycles. The van der Waals surface area contributed by atoms with E-state index in [-0.39, 0.29) is 0 Å². The minimum atomic E-state index is 0.564. The lowest BCUT2D eigenvalue weighted by atomic mass is 10.2. The fraction of sp³-hybridized carbons (Fsp3) is 0.0909. The average Bonchev–Trinajstić information content (AvgIpc) is 2.39. The third-order valence-electron chi connectivity index (χ3n) is 2.07. The van der Waals surface area contributed by atoms with Crippen LogP contribution in [-0.4, -0.2) is 22.0 Å². The van der Waals surface area contributed by atoms with Crippen LogP contribution in [0.1, 0.15) is 5.56 Å². The molecule has 0 amide bonds. The molecule has 2 rings (SSSR count). The Morgan fingerprint density at radius 2 is 2.00 bits per heavy atom. The van der Waals surface area contributed by atoms with Crippen LogP contribution >= 0.6 is 0 Å². The van der Waals surface area contributed by atoms with Crippen molar-refractivity contribution in [3.8, 4) is 17.5 Å². The normalized spacial score (nSPS) is 9.50. The number of pyridine rings is 1. The molecule has 0 saturated heterocycles. The summed E-state index contributed by atoms with van der Waals surface area (Å²) in [6.45, 7) is 0. The summed E-state index contributed by atoms with van der Waals surface area (Å²) in [5.74, 6) is 0.717. The maximum absolute atomic E-state index is 8.79. The fourth-order valence-electron chi connectivity index (χ4n) is 1.27. The van der Waals surface area contributed by atoms with Crippen molar-refractivity contribution >= 4 is 5.82 Å². The summed E-state index contributed by atoms with van der Waals surface area (Å²) in [6.07, 6.45) is 3.05. The molecule has 0 bridgehead atoms. The second-order valence-electron chi connectivity index (χ2n) is 3.08. The molecule has 16 heavy (non-hydrogen) atoms. The first-order valence-corrected chi connectivity index (χ1v) is 4.70. The van der Waals surface area contributed by atoms with Crippen LogP contribution in [0.5, 0.6) is 0 Å². The Bertz CT molecular complexity index is 544. The van der Waals surface area contributed by atoms with Crippen LogP contribution in [0.4, 0.5) is 5.82 Å². The lowest BCUT2D eigenvalue weighted by Crippen LogP contribution is -1.95. The molecule has 0 unspecified atom stereocenters. The third-order valence-corrected chi connectivity index (χ3v) is 2.07. The van der Waals surface area contributed by atoms with Crippen LogP contribution in [0.25, 0.3) is 11.4 Å². The van der Waals surface area contributed by atoms with E-state index >= 15 is 0 Å². The smallest absolute Gasteiger partial charge is 0.129 e. The van der Waals surface area contributed by atoms with Gasteiger partial charge in [-0.05, 0) is 12.1 Å². The summed E-state index contributed by atoms with van der Waals surface area (Å²) in [6, 6.07) is 7.20. The third kappa shape index (κ3) is 1.96. The molecule has 0 atom stereocenters. The molecule has 0 aliphatic heterocycles. The number of hydrogen-bond donors (Lipinski definition) is 1. The Kier molecular flexibility index (Phi) is 2.74. The molecule has 0 radical (unpaired) electrons. The second-order valence-corrected chi connectivity index (χ2v) is 3.08. The molecular formula is C11H9N5. The van der Waals surface area contributed by atoms with Crippen molar-refractivity contribution in [3.63, 3.8) is 0 Å². The molecule has 2 aromatic heterocycles. The van der Waals surface area contributed by atoms with Crippen molar-refractivity contribution in [2.75, 3.05) is 12.4 Å². The summed E-state index contributed by atoms with van der Waals surface area (Å²) < 4.78 is 0. The topological polar surface area (TPSA) is 74.5 Å². The predicted octanol–water partition coefficient (Wildman–Crippen LogP) is 1.45.